The fourth-order valence-electron chi connectivity index (χ4n) is 2.29. The number of hydrogen-bond acceptors (Lipinski definition) is 1. The van der Waals surface area contributed by atoms with E-state index < -0.39 is 0 Å². The number of aldehydes is 1. The van der Waals surface area contributed by atoms with Crippen LogP contribution in [0.4, 0.5) is 0 Å². The van der Waals surface area contributed by atoms with E-state index in [1.54, 1.807) is 0 Å². The van der Waals surface area contributed by atoms with E-state index in [1.807, 2.05) is 54.7 Å². The Morgan fingerprint density at radius 2 is 1.79 bits per heavy atom. The number of carbonyl (C=O) groups is 1. The minimum Gasteiger partial charge on any atom is -0.342 e. The molecule has 0 bridgehead atoms. The summed E-state index contributed by atoms with van der Waals surface area (Å²) in [7, 11) is 0. The second-order valence-electron chi connectivity index (χ2n) is 4.47. The molecule has 0 aliphatic carbocycles. The third-order valence-electron chi connectivity index (χ3n) is 3.21. The summed E-state index contributed by atoms with van der Waals surface area (Å²) in [6.45, 7) is 0.728. The lowest BCUT2D eigenvalue weighted by molar-refractivity contribution is 0.112. The number of fused-ring (bicyclic) bond motifs is 1. The molecule has 0 atom stereocenters. The molecule has 1 heterocycles. The molecule has 0 saturated carbocycles. The van der Waals surface area contributed by atoms with E-state index in [0.717, 1.165) is 39.9 Å². The highest BCUT2D eigenvalue weighted by atomic mass is 35.5. The minimum atomic E-state index is 0.726. The maximum absolute atomic E-state index is 11.1. The van der Waals surface area contributed by atoms with Crippen LogP contribution in [0.5, 0.6) is 0 Å². The molecule has 3 heteroatoms. The molecule has 3 rings (SSSR count). The van der Waals surface area contributed by atoms with Crippen molar-refractivity contribution in [1.82, 2.24) is 4.57 Å². The van der Waals surface area contributed by atoms with E-state index in [1.165, 1.54) is 0 Å². The van der Waals surface area contributed by atoms with Crippen LogP contribution >= 0.6 is 11.6 Å². The number of para-hydroxylation sites is 1. The normalized spacial score (nSPS) is 10.8. The number of aromatic nitrogens is 1. The molecule has 0 spiro atoms. The highest BCUT2D eigenvalue weighted by Crippen LogP contribution is 2.21. The van der Waals surface area contributed by atoms with Crippen LogP contribution in [0.2, 0.25) is 5.02 Å². The molecule has 1 aromatic heterocycles. The first-order valence-corrected chi connectivity index (χ1v) is 6.43. The number of carbonyl (C=O) groups excluding carboxylic acids is 1. The third kappa shape index (κ3) is 2.27. The molecule has 19 heavy (non-hydrogen) atoms. The van der Waals surface area contributed by atoms with Gasteiger partial charge in [0.1, 0.15) is 0 Å². The van der Waals surface area contributed by atoms with Gasteiger partial charge in [-0.2, -0.15) is 0 Å². The van der Waals surface area contributed by atoms with Crippen molar-refractivity contribution < 1.29 is 4.79 Å². The molecule has 94 valence electrons. The van der Waals surface area contributed by atoms with Gasteiger partial charge < -0.3 is 4.57 Å². The molecule has 0 aliphatic rings. The topological polar surface area (TPSA) is 22.0 Å². The van der Waals surface area contributed by atoms with Crippen LogP contribution in [0.25, 0.3) is 10.9 Å². The highest BCUT2D eigenvalue weighted by Gasteiger charge is 2.07. The molecule has 0 aliphatic heterocycles. The quantitative estimate of drug-likeness (QED) is 0.655. The zero-order chi connectivity index (χ0) is 13.2. The van der Waals surface area contributed by atoms with Crippen LogP contribution in [0.1, 0.15) is 15.9 Å². The summed E-state index contributed by atoms with van der Waals surface area (Å²) in [5, 5.41) is 1.72. The van der Waals surface area contributed by atoms with Crippen molar-refractivity contribution in [3.05, 3.63) is 70.9 Å². The predicted molar refractivity (Wildman–Crippen MR) is 77.9 cm³/mol. The Bertz CT molecular complexity index is 728. The lowest BCUT2D eigenvalue weighted by atomic mass is 10.2. The van der Waals surface area contributed by atoms with Crippen molar-refractivity contribution >= 4 is 28.8 Å². The van der Waals surface area contributed by atoms with Crippen LogP contribution in [-0.2, 0) is 6.54 Å². The maximum Gasteiger partial charge on any atom is 0.152 e. The Morgan fingerprint density at radius 1 is 1.05 bits per heavy atom. The first-order valence-electron chi connectivity index (χ1n) is 6.05. The van der Waals surface area contributed by atoms with Crippen molar-refractivity contribution in [3.8, 4) is 0 Å². The van der Waals surface area contributed by atoms with Crippen molar-refractivity contribution in [2.45, 2.75) is 6.54 Å². The first kappa shape index (κ1) is 12.0. The summed E-state index contributed by atoms with van der Waals surface area (Å²) >= 11 is 5.88. The standard InChI is InChI=1S/C16H12ClNO/c17-14-7-5-12(6-8-14)9-18-10-13(11-19)15-3-1-2-4-16(15)18/h1-8,10-11H,9H2. The van der Waals surface area contributed by atoms with Crippen LogP contribution in [0.15, 0.2) is 54.7 Å². The fourth-order valence-corrected chi connectivity index (χ4v) is 2.41. The summed E-state index contributed by atoms with van der Waals surface area (Å²) in [5.74, 6) is 0. The molecule has 0 fully saturated rings. The molecular weight excluding hydrogens is 258 g/mol. The van der Waals surface area contributed by atoms with Gasteiger partial charge in [0.15, 0.2) is 6.29 Å². The van der Waals surface area contributed by atoms with Crippen LogP contribution in [0.3, 0.4) is 0 Å². The number of rotatable bonds is 3. The van der Waals surface area contributed by atoms with Gasteiger partial charge in [0.2, 0.25) is 0 Å². The second kappa shape index (κ2) is 4.90. The van der Waals surface area contributed by atoms with Crippen molar-refractivity contribution in [2.75, 3.05) is 0 Å². The number of nitrogens with zero attached hydrogens (tertiary/aromatic N) is 1. The summed E-state index contributed by atoms with van der Waals surface area (Å²) < 4.78 is 2.09. The van der Waals surface area contributed by atoms with Gasteiger partial charge in [-0.25, -0.2) is 0 Å². The summed E-state index contributed by atoms with van der Waals surface area (Å²) in [6.07, 6.45) is 2.80. The zero-order valence-corrected chi connectivity index (χ0v) is 11.0. The van der Waals surface area contributed by atoms with Crippen molar-refractivity contribution in [3.63, 3.8) is 0 Å². The van der Waals surface area contributed by atoms with Gasteiger partial charge in [-0.1, -0.05) is 41.9 Å². The van der Waals surface area contributed by atoms with Gasteiger partial charge in [0, 0.05) is 34.2 Å². The zero-order valence-electron chi connectivity index (χ0n) is 10.2. The van der Waals surface area contributed by atoms with Crippen LogP contribution < -0.4 is 0 Å². The van der Waals surface area contributed by atoms with E-state index in [4.69, 9.17) is 11.6 Å². The van der Waals surface area contributed by atoms with E-state index in [9.17, 15) is 4.79 Å². The molecule has 0 amide bonds. The summed E-state index contributed by atoms with van der Waals surface area (Å²) in [6, 6.07) is 15.7. The SMILES string of the molecule is O=Cc1cn(Cc2ccc(Cl)cc2)c2ccccc12. The van der Waals surface area contributed by atoms with E-state index in [-0.39, 0.29) is 0 Å². The predicted octanol–water partition coefficient (Wildman–Crippen LogP) is 4.16. The lowest BCUT2D eigenvalue weighted by Gasteiger charge is -2.05. The highest BCUT2D eigenvalue weighted by molar-refractivity contribution is 6.30. The van der Waals surface area contributed by atoms with Gasteiger partial charge in [0.25, 0.3) is 0 Å². The summed E-state index contributed by atoms with van der Waals surface area (Å²) in [5.41, 5.74) is 2.95. The molecular formula is C16H12ClNO. The van der Waals surface area contributed by atoms with Crippen LogP contribution in [-0.4, -0.2) is 10.9 Å². The largest absolute Gasteiger partial charge is 0.342 e. The van der Waals surface area contributed by atoms with E-state index >= 15 is 0 Å². The molecule has 0 N–H and O–H groups in total. The Hall–Kier alpha value is -2.06. The second-order valence-corrected chi connectivity index (χ2v) is 4.91. The average molecular weight is 270 g/mol. The average Bonchev–Trinajstić information content (AvgIpc) is 2.80. The minimum absolute atomic E-state index is 0.726. The molecule has 2 nitrogen and oxygen atoms in total. The molecule has 0 saturated heterocycles. The first-order chi connectivity index (χ1) is 9.28. The van der Waals surface area contributed by atoms with Gasteiger partial charge in [0.05, 0.1) is 0 Å². The Balaban J connectivity index is 2.05. The summed E-state index contributed by atoms with van der Waals surface area (Å²) in [4.78, 5) is 11.1. The smallest absolute Gasteiger partial charge is 0.152 e. The van der Waals surface area contributed by atoms with Gasteiger partial charge in [-0.05, 0) is 23.8 Å². The van der Waals surface area contributed by atoms with Gasteiger partial charge >= 0.3 is 0 Å². The van der Waals surface area contributed by atoms with Crippen LogP contribution in [0, 0.1) is 0 Å². The van der Waals surface area contributed by atoms with E-state index in [2.05, 4.69) is 4.57 Å². The Labute approximate surface area is 116 Å². The Kier molecular flexibility index (Phi) is 3.10. The fraction of sp³-hybridized carbons (Fsp3) is 0.0625. The van der Waals surface area contributed by atoms with Crippen molar-refractivity contribution in [1.29, 1.82) is 0 Å². The molecule has 0 radical (unpaired) electrons. The third-order valence-corrected chi connectivity index (χ3v) is 3.46. The number of halogens is 1. The lowest BCUT2D eigenvalue weighted by Crippen LogP contribution is -1.97. The van der Waals surface area contributed by atoms with Gasteiger partial charge in [-0.3, -0.25) is 4.79 Å². The molecule has 3 aromatic rings. The van der Waals surface area contributed by atoms with Crippen molar-refractivity contribution in [2.24, 2.45) is 0 Å². The number of hydrogen-bond donors (Lipinski definition) is 0. The van der Waals surface area contributed by atoms with Gasteiger partial charge in [-0.15, -0.1) is 0 Å². The monoisotopic (exact) mass is 269 g/mol. The molecule has 0 unspecified atom stereocenters. The maximum atomic E-state index is 11.1. The number of benzene rings is 2. The molecule has 2 aromatic carbocycles. The Morgan fingerprint density at radius 3 is 2.53 bits per heavy atom. The van der Waals surface area contributed by atoms with E-state index in [0.29, 0.717) is 0 Å².